The first-order chi connectivity index (χ1) is 7.56. The highest BCUT2D eigenvalue weighted by Crippen LogP contribution is 2.14. The molecule has 0 aliphatic carbocycles. The van der Waals surface area contributed by atoms with E-state index in [1.165, 1.54) is 0 Å². The van der Waals surface area contributed by atoms with Crippen LogP contribution in [0.1, 0.15) is 13.8 Å². The minimum absolute atomic E-state index is 0.0740. The summed E-state index contributed by atoms with van der Waals surface area (Å²) in [5, 5.41) is 12.1. The van der Waals surface area contributed by atoms with Crippen molar-refractivity contribution in [3.63, 3.8) is 0 Å². The molecule has 2 unspecified atom stereocenters. The van der Waals surface area contributed by atoms with Crippen LogP contribution < -0.4 is 22.3 Å². The number of nitrogens with one attached hydrogen (secondary N) is 2. The van der Waals surface area contributed by atoms with Crippen LogP contribution in [0.25, 0.3) is 0 Å². The highest BCUT2D eigenvalue weighted by Gasteiger charge is 2.12. The first-order valence-corrected chi connectivity index (χ1v) is 5.05. The van der Waals surface area contributed by atoms with Gasteiger partial charge in [0.05, 0.1) is 0 Å². The van der Waals surface area contributed by atoms with Crippen molar-refractivity contribution in [1.29, 1.82) is 0 Å². The number of hydrogen-bond acceptors (Lipinski definition) is 7. The van der Waals surface area contributed by atoms with Crippen LogP contribution in [0.4, 0.5) is 17.6 Å². The van der Waals surface area contributed by atoms with Gasteiger partial charge in [-0.1, -0.05) is 6.92 Å². The topological polar surface area (TPSA) is 122 Å². The van der Waals surface area contributed by atoms with Crippen molar-refractivity contribution in [3.8, 4) is 0 Å². The van der Waals surface area contributed by atoms with Gasteiger partial charge in [0, 0.05) is 18.7 Å². The van der Waals surface area contributed by atoms with Crippen LogP contribution >= 0.6 is 0 Å². The highest BCUT2D eigenvalue weighted by atomic mass is 16.3. The molecular weight excluding hydrogens is 208 g/mol. The Morgan fingerprint density at radius 2 is 2.00 bits per heavy atom. The van der Waals surface area contributed by atoms with Gasteiger partial charge < -0.3 is 21.6 Å². The second-order valence-electron chi connectivity index (χ2n) is 3.73. The number of nitrogen functional groups attached to an aromatic ring is 2. The van der Waals surface area contributed by atoms with Crippen molar-refractivity contribution in [2.45, 2.75) is 19.9 Å². The molecule has 16 heavy (non-hydrogen) atoms. The van der Waals surface area contributed by atoms with Crippen molar-refractivity contribution in [1.82, 2.24) is 9.97 Å². The van der Waals surface area contributed by atoms with Crippen LogP contribution in [0.2, 0.25) is 0 Å². The summed E-state index contributed by atoms with van der Waals surface area (Å²) in [4.78, 5) is 7.88. The van der Waals surface area contributed by atoms with Gasteiger partial charge in [0.25, 0.3) is 0 Å². The molecule has 0 bridgehead atoms. The van der Waals surface area contributed by atoms with E-state index < -0.39 is 0 Å². The lowest BCUT2D eigenvalue weighted by molar-refractivity contribution is 0.226. The number of aromatic nitrogens is 2. The number of nitrogens with zero attached hydrogens (tertiary/aromatic N) is 2. The maximum atomic E-state index is 9.01. The molecule has 0 aromatic carbocycles. The summed E-state index contributed by atoms with van der Waals surface area (Å²) < 4.78 is 0. The Hall–Kier alpha value is -1.60. The molecule has 1 heterocycles. The molecule has 7 N–H and O–H groups in total. The molecule has 0 amide bonds. The van der Waals surface area contributed by atoms with Crippen molar-refractivity contribution in [2.24, 2.45) is 11.8 Å². The normalized spacial score (nSPS) is 14.2. The molecule has 7 heteroatoms. The molecule has 0 aliphatic rings. The SMILES string of the molecule is CC(CO)C(C)Nc1cc(NN)nc(N)n1. The van der Waals surface area contributed by atoms with Crippen molar-refractivity contribution < 1.29 is 5.11 Å². The molecule has 7 nitrogen and oxygen atoms in total. The minimum Gasteiger partial charge on any atom is -0.396 e. The van der Waals surface area contributed by atoms with Gasteiger partial charge in [-0.25, -0.2) is 5.84 Å². The Bertz CT molecular complexity index is 345. The number of aliphatic hydroxyl groups excluding tert-OH is 1. The molecular formula is C9H18N6O. The molecule has 0 radical (unpaired) electrons. The van der Waals surface area contributed by atoms with Gasteiger partial charge in [-0.2, -0.15) is 9.97 Å². The third-order valence-corrected chi connectivity index (χ3v) is 2.41. The zero-order valence-corrected chi connectivity index (χ0v) is 9.44. The van der Waals surface area contributed by atoms with Gasteiger partial charge in [0.2, 0.25) is 5.95 Å². The van der Waals surface area contributed by atoms with Crippen LogP contribution in [0.3, 0.4) is 0 Å². The maximum Gasteiger partial charge on any atom is 0.223 e. The number of rotatable bonds is 5. The summed E-state index contributed by atoms with van der Waals surface area (Å²) in [6.07, 6.45) is 0. The average Bonchev–Trinajstić information content (AvgIpc) is 2.26. The summed E-state index contributed by atoms with van der Waals surface area (Å²) >= 11 is 0. The van der Waals surface area contributed by atoms with Gasteiger partial charge in [-0.05, 0) is 12.8 Å². The number of hydrazine groups is 1. The van der Waals surface area contributed by atoms with E-state index in [4.69, 9.17) is 16.7 Å². The third kappa shape index (κ3) is 3.21. The van der Waals surface area contributed by atoms with Gasteiger partial charge in [-0.3, -0.25) is 0 Å². The van der Waals surface area contributed by atoms with E-state index in [0.717, 1.165) is 0 Å². The first-order valence-electron chi connectivity index (χ1n) is 5.05. The van der Waals surface area contributed by atoms with Crippen molar-refractivity contribution in [2.75, 3.05) is 23.1 Å². The second-order valence-corrected chi connectivity index (χ2v) is 3.73. The van der Waals surface area contributed by atoms with E-state index in [0.29, 0.717) is 11.6 Å². The summed E-state index contributed by atoms with van der Waals surface area (Å²) in [5.74, 6) is 6.52. The summed E-state index contributed by atoms with van der Waals surface area (Å²) in [6, 6.07) is 1.72. The van der Waals surface area contributed by atoms with E-state index in [1.807, 2.05) is 13.8 Å². The van der Waals surface area contributed by atoms with Crippen LogP contribution in [-0.4, -0.2) is 27.7 Å². The monoisotopic (exact) mass is 226 g/mol. The Morgan fingerprint density at radius 1 is 1.38 bits per heavy atom. The fourth-order valence-corrected chi connectivity index (χ4v) is 1.15. The smallest absolute Gasteiger partial charge is 0.223 e. The lowest BCUT2D eigenvalue weighted by atomic mass is 10.1. The standard InChI is InChI=1S/C9H18N6O/c1-5(4-16)6(2)12-7-3-8(15-11)14-9(10)13-7/h3,5-6,16H,4,11H2,1-2H3,(H4,10,12,13,14,15). The second kappa shape index (κ2) is 5.47. The van der Waals surface area contributed by atoms with E-state index in [1.54, 1.807) is 6.07 Å². The lowest BCUT2D eigenvalue weighted by Gasteiger charge is -2.20. The fraction of sp³-hybridized carbons (Fsp3) is 0.556. The molecule has 0 saturated carbocycles. The first kappa shape index (κ1) is 12.5. The van der Waals surface area contributed by atoms with Gasteiger partial charge in [-0.15, -0.1) is 0 Å². The number of aliphatic hydroxyl groups is 1. The quantitative estimate of drug-likeness (QED) is 0.347. The number of anilines is 3. The molecule has 0 fully saturated rings. The zero-order valence-electron chi connectivity index (χ0n) is 9.44. The maximum absolute atomic E-state index is 9.01. The predicted octanol–water partition coefficient (Wildman–Crippen LogP) is -0.227. The van der Waals surface area contributed by atoms with Crippen LogP contribution in [0.15, 0.2) is 6.07 Å². The molecule has 1 rings (SSSR count). The Balaban J connectivity index is 2.76. The van der Waals surface area contributed by atoms with Crippen molar-refractivity contribution >= 4 is 17.6 Å². The fourth-order valence-electron chi connectivity index (χ4n) is 1.15. The zero-order chi connectivity index (χ0) is 12.1. The average molecular weight is 226 g/mol. The van der Waals surface area contributed by atoms with Crippen LogP contribution in [0.5, 0.6) is 0 Å². The highest BCUT2D eigenvalue weighted by molar-refractivity contribution is 5.50. The van der Waals surface area contributed by atoms with Gasteiger partial charge in [0.1, 0.15) is 11.6 Å². The predicted molar refractivity (Wildman–Crippen MR) is 63.6 cm³/mol. The summed E-state index contributed by atoms with van der Waals surface area (Å²) in [6.45, 7) is 4.00. The van der Waals surface area contributed by atoms with Gasteiger partial charge in [0.15, 0.2) is 0 Å². The molecule has 2 atom stereocenters. The summed E-state index contributed by atoms with van der Waals surface area (Å²) in [7, 11) is 0. The molecule has 90 valence electrons. The summed E-state index contributed by atoms with van der Waals surface area (Å²) in [5.41, 5.74) is 7.92. The lowest BCUT2D eigenvalue weighted by Crippen LogP contribution is -2.27. The number of hydrogen-bond donors (Lipinski definition) is 5. The Kier molecular flexibility index (Phi) is 4.27. The number of nitrogens with two attached hydrogens (primary N) is 2. The van der Waals surface area contributed by atoms with E-state index in [9.17, 15) is 0 Å². The molecule has 0 saturated heterocycles. The Labute approximate surface area is 94.2 Å². The van der Waals surface area contributed by atoms with Crippen molar-refractivity contribution in [3.05, 3.63) is 6.07 Å². The van der Waals surface area contributed by atoms with Gasteiger partial charge >= 0.3 is 0 Å². The largest absolute Gasteiger partial charge is 0.396 e. The molecule has 0 spiro atoms. The van der Waals surface area contributed by atoms with Crippen LogP contribution in [-0.2, 0) is 0 Å². The van der Waals surface area contributed by atoms with Crippen LogP contribution in [0, 0.1) is 5.92 Å². The Morgan fingerprint density at radius 3 is 2.56 bits per heavy atom. The molecule has 0 aliphatic heterocycles. The molecule has 1 aromatic heterocycles. The molecule has 1 aromatic rings. The van der Waals surface area contributed by atoms with E-state index >= 15 is 0 Å². The van der Waals surface area contributed by atoms with E-state index in [2.05, 4.69) is 20.7 Å². The third-order valence-electron chi connectivity index (χ3n) is 2.41. The minimum atomic E-state index is 0.0740. The van der Waals surface area contributed by atoms with E-state index in [-0.39, 0.29) is 24.5 Å².